The normalized spacial score (nSPS) is 15.3. The van der Waals surface area contributed by atoms with Crippen molar-refractivity contribution in [2.24, 2.45) is 5.10 Å². The molecule has 30 heavy (non-hydrogen) atoms. The highest BCUT2D eigenvalue weighted by molar-refractivity contribution is 8.15. The van der Waals surface area contributed by atoms with E-state index in [1.165, 1.54) is 11.8 Å². The average molecular weight is 414 g/mol. The van der Waals surface area contributed by atoms with Crippen molar-refractivity contribution >= 4 is 56.0 Å². The molecule has 0 radical (unpaired) electrons. The molecule has 6 nitrogen and oxygen atoms in total. The monoisotopic (exact) mass is 414 g/mol. The second-order valence-electron chi connectivity index (χ2n) is 6.74. The number of hydrogen-bond donors (Lipinski definition) is 1. The number of amides is 1. The third-order valence-corrected chi connectivity index (χ3v) is 5.87. The van der Waals surface area contributed by atoms with Crippen molar-refractivity contribution in [3.8, 4) is 5.75 Å². The Morgan fingerprint density at radius 2 is 1.60 bits per heavy atom. The van der Waals surface area contributed by atoms with Gasteiger partial charge in [-0.05, 0) is 36.4 Å². The van der Waals surface area contributed by atoms with Crippen molar-refractivity contribution in [3.63, 3.8) is 0 Å². The second kappa shape index (κ2) is 7.68. The van der Waals surface area contributed by atoms with Gasteiger partial charge in [0.05, 0.1) is 35.3 Å². The van der Waals surface area contributed by atoms with Crippen molar-refractivity contribution in [3.05, 3.63) is 72.8 Å². The maximum Gasteiger partial charge on any atom is 0.243 e. The lowest BCUT2D eigenvalue weighted by molar-refractivity contribution is -0.115. The van der Waals surface area contributed by atoms with Gasteiger partial charge in [-0.25, -0.2) is 4.98 Å². The number of methoxy groups -OCH3 is 1. The maximum absolute atomic E-state index is 12.5. The molecule has 148 valence electrons. The van der Waals surface area contributed by atoms with Crippen molar-refractivity contribution in [2.45, 2.75) is 0 Å². The number of benzene rings is 3. The van der Waals surface area contributed by atoms with E-state index in [-0.39, 0.29) is 5.91 Å². The van der Waals surface area contributed by atoms with E-state index in [1.54, 1.807) is 12.0 Å². The van der Waals surface area contributed by atoms with E-state index < -0.39 is 0 Å². The van der Waals surface area contributed by atoms with Gasteiger partial charge in [0, 0.05) is 10.8 Å². The zero-order chi connectivity index (χ0) is 20.5. The standard InChI is InChI=1S/C23H18N4O2S/c1-29-16-12-10-15(11-13-16)27-21(28)14-30-23(27)26-25-22-17-6-2-4-8-19(17)24-20-9-5-3-7-18(20)22/h2-13H,14H2,1H3,(H,24,25)/b26-23-. The number of carbonyl (C=O) groups excluding carboxylic acids is 1. The molecule has 0 aliphatic carbocycles. The van der Waals surface area contributed by atoms with Crippen LogP contribution in [-0.2, 0) is 4.79 Å². The highest BCUT2D eigenvalue weighted by atomic mass is 32.2. The van der Waals surface area contributed by atoms with E-state index in [0.29, 0.717) is 10.9 Å². The number of anilines is 2. The molecule has 0 saturated carbocycles. The number of fused-ring (bicyclic) bond motifs is 2. The lowest BCUT2D eigenvalue weighted by Crippen LogP contribution is -2.29. The zero-order valence-corrected chi connectivity index (χ0v) is 17.0. The number of carbonyl (C=O) groups is 1. The molecule has 7 heteroatoms. The number of para-hydroxylation sites is 2. The van der Waals surface area contributed by atoms with Gasteiger partial charge in [0.25, 0.3) is 0 Å². The fourth-order valence-electron chi connectivity index (χ4n) is 3.49. The van der Waals surface area contributed by atoms with Gasteiger partial charge in [0.2, 0.25) is 5.91 Å². The lowest BCUT2D eigenvalue weighted by atomic mass is 10.1. The van der Waals surface area contributed by atoms with Crippen molar-refractivity contribution in [2.75, 3.05) is 23.2 Å². The number of thioether (sulfide) groups is 1. The van der Waals surface area contributed by atoms with Crippen LogP contribution in [0.2, 0.25) is 0 Å². The van der Waals surface area contributed by atoms with Crippen LogP contribution in [-0.4, -0.2) is 28.9 Å². The van der Waals surface area contributed by atoms with E-state index in [2.05, 4.69) is 10.5 Å². The van der Waals surface area contributed by atoms with E-state index >= 15 is 0 Å². The maximum atomic E-state index is 12.5. The third kappa shape index (κ3) is 3.23. The summed E-state index contributed by atoms with van der Waals surface area (Å²) in [6, 6.07) is 23.3. The first-order chi connectivity index (χ1) is 14.7. The van der Waals surface area contributed by atoms with Gasteiger partial charge < -0.3 is 4.74 Å². The number of aromatic nitrogens is 1. The van der Waals surface area contributed by atoms with Crippen LogP contribution >= 0.6 is 11.8 Å². The van der Waals surface area contributed by atoms with Crippen LogP contribution in [0, 0.1) is 0 Å². The van der Waals surface area contributed by atoms with Crippen LogP contribution in [0.1, 0.15) is 0 Å². The summed E-state index contributed by atoms with van der Waals surface area (Å²) in [5, 5.41) is 7.18. The molecule has 1 amide bonds. The largest absolute Gasteiger partial charge is 0.497 e. The highest BCUT2D eigenvalue weighted by Gasteiger charge is 2.30. The molecule has 3 aromatic carbocycles. The molecule has 1 saturated heterocycles. The zero-order valence-electron chi connectivity index (χ0n) is 16.2. The van der Waals surface area contributed by atoms with E-state index in [9.17, 15) is 4.79 Å². The molecule has 1 aliphatic rings. The molecule has 0 unspecified atom stereocenters. The van der Waals surface area contributed by atoms with Crippen LogP contribution in [0.3, 0.4) is 0 Å². The Morgan fingerprint density at radius 3 is 2.23 bits per heavy atom. The van der Waals surface area contributed by atoms with Gasteiger partial charge in [-0.1, -0.05) is 48.2 Å². The number of rotatable bonds is 4. The highest BCUT2D eigenvalue weighted by Crippen LogP contribution is 2.32. The Kier molecular flexibility index (Phi) is 4.72. The average Bonchev–Trinajstić information content (AvgIpc) is 3.17. The molecule has 4 aromatic rings. The molecule has 0 atom stereocenters. The number of ether oxygens (including phenoxy) is 1. The van der Waals surface area contributed by atoms with Crippen LogP contribution < -0.4 is 15.1 Å². The number of hydrazone groups is 1. The number of hydrogen-bond acceptors (Lipinski definition) is 6. The molecule has 1 fully saturated rings. The first kappa shape index (κ1) is 18.4. The lowest BCUT2D eigenvalue weighted by Gasteiger charge is -2.17. The molecule has 0 spiro atoms. The molecular formula is C23H18N4O2S. The van der Waals surface area contributed by atoms with Crippen LogP contribution in [0.25, 0.3) is 21.8 Å². The fourth-order valence-corrected chi connectivity index (χ4v) is 4.32. The molecule has 5 rings (SSSR count). The quantitative estimate of drug-likeness (QED) is 0.382. The SMILES string of the molecule is COc1ccc(N2C(=O)CS/C2=N\Nc2c3ccccc3nc3ccccc23)cc1. The van der Waals surface area contributed by atoms with Crippen molar-refractivity contribution in [1.29, 1.82) is 0 Å². The van der Waals surface area contributed by atoms with Gasteiger partial charge in [0.1, 0.15) is 5.75 Å². The van der Waals surface area contributed by atoms with Crippen LogP contribution in [0.15, 0.2) is 77.9 Å². The van der Waals surface area contributed by atoms with E-state index in [0.717, 1.165) is 38.9 Å². The summed E-state index contributed by atoms with van der Waals surface area (Å²) in [5.41, 5.74) is 6.64. The second-order valence-corrected chi connectivity index (χ2v) is 7.69. The van der Waals surface area contributed by atoms with Crippen LogP contribution in [0.4, 0.5) is 11.4 Å². The Hall–Kier alpha value is -3.58. The third-order valence-electron chi connectivity index (χ3n) is 4.95. The number of pyridine rings is 1. The van der Waals surface area contributed by atoms with Gasteiger partial charge >= 0.3 is 0 Å². The first-order valence-electron chi connectivity index (χ1n) is 9.45. The molecule has 2 heterocycles. The van der Waals surface area contributed by atoms with Gasteiger partial charge in [-0.15, -0.1) is 5.10 Å². The molecule has 1 aliphatic heterocycles. The van der Waals surface area contributed by atoms with Gasteiger partial charge in [-0.2, -0.15) is 0 Å². The topological polar surface area (TPSA) is 66.8 Å². The summed E-state index contributed by atoms with van der Waals surface area (Å²) in [6.45, 7) is 0. The minimum absolute atomic E-state index is 0.00448. The summed E-state index contributed by atoms with van der Waals surface area (Å²) < 4.78 is 5.22. The Bertz CT molecular complexity index is 1230. The molecular weight excluding hydrogens is 396 g/mol. The summed E-state index contributed by atoms with van der Waals surface area (Å²) in [6.07, 6.45) is 0. The molecule has 0 bridgehead atoms. The predicted octanol–water partition coefficient (Wildman–Crippen LogP) is 4.86. The minimum Gasteiger partial charge on any atom is -0.497 e. The van der Waals surface area contributed by atoms with Gasteiger partial charge in [0.15, 0.2) is 5.17 Å². The number of nitrogens with one attached hydrogen (secondary N) is 1. The Morgan fingerprint density at radius 1 is 0.967 bits per heavy atom. The molecule has 1 N–H and O–H groups in total. The minimum atomic E-state index is -0.00448. The summed E-state index contributed by atoms with van der Waals surface area (Å²) in [5.74, 6) is 1.09. The van der Waals surface area contributed by atoms with Crippen molar-refractivity contribution in [1.82, 2.24) is 4.98 Å². The number of nitrogens with zero attached hydrogens (tertiary/aromatic N) is 3. The Labute approximate surface area is 177 Å². The predicted molar refractivity (Wildman–Crippen MR) is 123 cm³/mol. The summed E-state index contributed by atoms with van der Waals surface area (Å²) >= 11 is 1.41. The number of amidine groups is 1. The van der Waals surface area contributed by atoms with Crippen LogP contribution in [0.5, 0.6) is 5.75 Å². The summed E-state index contributed by atoms with van der Waals surface area (Å²) in [4.78, 5) is 18.9. The first-order valence-corrected chi connectivity index (χ1v) is 10.4. The van der Waals surface area contributed by atoms with E-state index in [1.807, 2.05) is 72.8 Å². The van der Waals surface area contributed by atoms with E-state index in [4.69, 9.17) is 9.72 Å². The molecule has 1 aromatic heterocycles. The fraction of sp³-hybridized carbons (Fsp3) is 0.0870. The Balaban J connectivity index is 1.56. The van der Waals surface area contributed by atoms with Crippen molar-refractivity contribution < 1.29 is 9.53 Å². The summed E-state index contributed by atoms with van der Waals surface area (Å²) in [7, 11) is 1.62. The van der Waals surface area contributed by atoms with Gasteiger partial charge in [-0.3, -0.25) is 15.1 Å². The smallest absolute Gasteiger partial charge is 0.243 e.